The molecule has 0 bridgehead atoms. The summed E-state index contributed by atoms with van der Waals surface area (Å²) in [5, 5.41) is -0.985. The smallest absolute Gasteiger partial charge is 0.204 e. The van der Waals surface area contributed by atoms with E-state index in [1.165, 1.54) is 9.24 Å². The average molecular weight is 386 g/mol. The SMILES string of the molecule is C=CCOc1c(F)c(F)c(-c2c(F)c(F)c(F)c(F)c2F)c(P)c1F. The summed E-state index contributed by atoms with van der Waals surface area (Å²) in [6, 6.07) is 0. The number of benzene rings is 2. The van der Waals surface area contributed by atoms with Crippen molar-refractivity contribution in [3.63, 3.8) is 0 Å². The summed E-state index contributed by atoms with van der Waals surface area (Å²) in [5.74, 6) is -19.0. The largest absolute Gasteiger partial charge is 0.483 e. The first kappa shape index (κ1) is 19.2. The first-order valence-corrected chi connectivity index (χ1v) is 6.94. The first-order chi connectivity index (χ1) is 11.6. The molecule has 0 aliphatic heterocycles. The van der Waals surface area contributed by atoms with Gasteiger partial charge in [-0.05, 0) is 0 Å². The van der Waals surface area contributed by atoms with Crippen LogP contribution in [0.15, 0.2) is 12.7 Å². The van der Waals surface area contributed by atoms with E-state index in [1.54, 1.807) is 0 Å². The van der Waals surface area contributed by atoms with Gasteiger partial charge in [0.1, 0.15) is 6.61 Å². The fourth-order valence-corrected chi connectivity index (χ4v) is 2.40. The molecule has 0 N–H and O–H groups in total. The van der Waals surface area contributed by atoms with Gasteiger partial charge in [-0.25, -0.2) is 30.7 Å². The predicted molar refractivity (Wildman–Crippen MR) is 76.6 cm³/mol. The van der Waals surface area contributed by atoms with Crippen molar-refractivity contribution in [2.75, 3.05) is 6.61 Å². The van der Waals surface area contributed by atoms with Crippen LogP contribution in [0, 0.1) is 46.5 Å². The summed E-state index contributed by atoms with van der Waals surface area (Å²) in [6.45, 7) is 2.78. The predicted octanol–water partition coefficient (Wildman–Crippen LogP) is 4.53. The monoisotopic (exact) mass is 386 g/mol. The molecule has 0 saturated carbocycles. The minimum Gasteiger partial charge on any atom is -0.483 e. The van der Waals surface area contributed by atoms with Crippen molar-refractivity contribution < 1.29 is 39.9 Å². The van der Waals surface area contributed by atoms with Crippen molar-refractivity contribution in [1.82, 2.24) is 0 Å². The van der Waals surface area contributed by atoms with Gasteiger partial charge in [0, 0.05) is 10.9 Å². The third-order valence-corrected chi connectivity index (χ3v) is 3.66. The molecule has 0 radical (unpaired) electrons. The fraction of sp³-hybridized carbons (Fsp3) is 0.0667. The summed E-state index contributed by atoms with van der Waals surface area (Å²) >= 11 is 0. The fourth-order valence-electron chi connectivity index (χ4n) is 1.99. The van der Waals surface area contributed by atoms with E-state index in [0.29, 0.717) is 0 Å². The molecule has 0 aliphatic rings. The molecule has 0 fully saturated rings. The Balaban J connectivity index is 2.89. The number of hydrogen-bond donors (Lipinski definition) is 0. The zero-order chi connectivity index (χ0) is 19.0. The van der Waals surface area contributed by atoms with E-state index in [-0.39, 0.29) is 0 Å². The lowest BCUT2D eigenvalue weighted by Gasteiger charge is -2.16. The molecule has 0 spiro atoms. The molecule has 1 unspecified atom stereocenters. The maximum Gasteiger partial charge on any atom is 0.204 e. The summed E-state index contributed by atoms with van der Waals surface area (Å²) in [5.41, 5.74) is -3.27. The Bertz CT molecular complexity index is 823. The topological polar surface area (TPSA) is 9.23 Å². The second-order valence-corrected chi connectivity index (χ2v) is 5.18. The van der Waals surface area contributed by atoms with Gasteiger partial charge in [-0.1, -0.05) is 12.7 Å². The molecule has 2 aromatic carbocycles. The van der Waals surface area contributed by atoms with E-state index in [0.717, 1.165) is 6.08 Å². The molecule has 0 aromatic heterocycles. The quantitative estimate of drug-likeness (QED) is 0.247. The molecule has 0 amide bonds. The number of hydrogen-bond acceptors (Lipinski definition) is 1. The van der Waals surface area contributed by atoms with E-state index in [2.05, 4.69) is 11.3 Å². The van der Waals surface area contributed by atoms with Crippen LogP contribution in [0.5, 0.6) is 5.75 Å². The highest BCUT2D eigenvalue weighted by atomic mass is 31.0. The lowest BCUT2D eigenvalue weighted by atomic mass is 10.0. The van der Waals surface area contributed by atoms with Crippen LogP contribution < -0.4 is 10.0 Å². The Morgan fingerprint density at radius 2 is 1.12 bits per heavy atom. The van der Waals surface area contributed by atoms with Gasteiger partial charge in [-0.3, -0.25) is 0 Å². The Labute approximate surface area is 138 Å². The van der Waals surface area contributed by atoms with Crippen molar-refractivity contribution in [2.45, 2.75) is 0 Å². The van der Waals surface area contributed by atoms with Gasteiger partial charge in [-0.15, -0.1) is 9.24 Å². The second-order valence-electron chi connectivity index (χ2n) is 4.60. The third kappa shape index (κ3) is 2.97. The molecule has 1 nitrogen and oxygen atoms in total. The molecule has 0 heterocycles. The molecule has 0 aliphatic carbocycles. The van der Waals surface area contributed by atoms with E-state index in [9.17, 15) is 35.1 Å². The highest BCUT2D eigenvalue weighted by Crippen LogP contribution is 2.37. The second kappa shape index (κ2) is 7.00. The molecular weight excluding hydrogens is 379 g/mol. The van der Waals surface area contributed by atoms with Gasteiger partial charge >= 0.3 is 0 Å². The number of halogens is 8. The normalized spacial score (nSPS) is 10.9. The van der Waals surface area contributed by atoms with Crippen LogP contribution in [-0.2, 0) is 0 Å². The van der Waals surface area contributed by atoms with Gasteiger partial charge < -0.3 is 4.74 Å². The van der Waals surface area contributed by atoms with Crippen LogP contribution >= 0.6 is 9.24 Å². The summed E-state index contributed by atoms with van der Waals surface area (Å²) in [4.78, 5) is 0. The maximum atomic E-state index is 14.2. The Morgan fingerprint density at radius 1 is 0.680 bits per heavy atom. The third-order valence-electron chi connectivity index (χ3n) is 3.12. The zero-order valence-corrected chi connectivity index (χ0v) is 13.2. The highest BCUT2D eigenvalue weighted by molar-refractivity contribution is 7.28. The first-order valence-electron chi connectivity index (χ1n) is 6.36. The lowest BCUT2D eigenvalue weighted by Crippen LogP contribution is -2.16. The van der Waals surface area contributed by atoms with Crippen LogP contribution in [-0.4, -0.2) is 6.61 Å². The summed E-state index contributed by atoms with van der Waals surface area (Å²) in [6.07, 6.45) is 1.08. The van der Waals surface area contributed by atoms with E-state index in [1.807, 2.05) is 0 Å². The highest BCUT2D eigenvalue weighted by Gasteiger charge is 2.33. The zero-order valence-electron chi connectivity index (χ0n) is 12.0. The van der Waals surface area contributed by atoms with Crippen LogP contribution in [0.25, 0.3) is 11.1 Å². The minimum absolute atomic E-state index is 0.431. The molecule has 2 rings (SSSR count). The van der Waals surface area contributed by atoms with Crippen molar-refractivity contribution in [2.24, 2.45) is 0 Å². The molecule has 10 heteroatoms. The Morgan fingerprint density at radius 3 is 1.60 bits per heavy atom. The van der Waals surface area contributed by atoms with Crippen molar-refractivity contribution in [3.05, 3.63) is 59.2 Å². The van der Waals surface area contributed by atoms with Crippen molar-refractivity contribution in [1.29, 1.82) is 0 Å². The van der Waals surface area contributed by atoms with Crippen LogP contribution in [0.3, 0.4) is 0 Å². The molecule has 134 valence electrons. The van der Waals surface area contributed by atoms with Gasteiger partial charge in [0.25, 0.3) is 0 Å². The van der Waals surface area contributed by atoms with Gasteiger partial charge in [-0.2, -0.15) is 4.39 Å². The molecule has 2 aromatic rings. The number of ether oxygens (including phenoxy) is 1. The standard InChI is InChI=1S/C15H7F8OP/c1-2-3-24-14-12(22)8(18)5(15(25)13(14)23)4-6(16)9(19)11(21)10(20)7(4)17/h2H,1,3,25H2. The molecular formula is C15H7F8OP. The number of rotatable bonds is 4. The van der Waals surface area contributed by atoms with Crippen molar-refractivity contribution in [3.8, 4) is 16.9 Å². The average Bonchev–Trinajstić information content (AvgIpc) is 2.59. The lowest BCUT2D eigenvalue weighted by molar-refractivity contribution is 0.313. The van der Waals surface area contributed by atoms with E-state index < -0.39 is 75.3 Å². The Hall–Kier alpha value is -2.15. The molecule has 1 atom stereocenters. The Kier molecular flexibility index (Phi) is 5.37. The summed E-state index contributed by atoms with van der Waals surface area (Å²) in [7, 11) is 1.50. The molecule has 0 saturated heterocycles. The van der Waals surface area contributed by atoms with Gasteiger partial charge in [0.2, 0.25) is 11.6 Å². The van der Waals surface area contributed by atoms with Crippen LogP contribution in [0.4, 0.5) is 35.1 Å². The van der Waals surface area contributed by atoms with Gasteiger partial charge in [0.15, 0.2) is 40.7 Å². The van der Waals surface area contributed by atoms with Crippen molar-refractivity contribution >= 4 is 14.5 Å². The van der Waals surface area contributed by atoms with Gasteiger partial charge in [0.05, 0.1) is 5.56 Å². The summed E-state index contributed by atoms with van der Waals surface area (Å²) < 4.78 is 114. The van der Waals surface area contributed by atoms with Crippen LogP contribution in [0.2, 0.25) is 0 Å². The van der Waals surface area contributed by atoms with E-state index in [4.69, 9.17) is 0 Å². The maximum absolute atomic E-state index is 14.2. The molecule has 25 heavy (non-hydrogen) atoms. The van der Waals surface area contributed by atoms with Crippen LogP contribution in [0.1, 0.15) is 0 Å². The van der Waals surface area contributed by atoms with E-state index >= 15 is 0 Å². The minimum atomic E-state index is -2.49.